The van der Waals surface area contributed by atoms with Gasteiger partial charge in [-0.25, -0.2) is 13.1 Å². The number of nitrogens with one attached hydrogen (secondary N) is 1. The molecule has 1 aromatic rings. The average Bonchev–Trinajstić information content (AvgIpc) is 2.26. The van der Waals surface area contributed by atoms with E-state index in [1.54, 1.807) is 0 Å². The van der Waals surface area contributed by atoms with Crippen molar-refractivity contribution in [1.82, 2.24) is 4.72 Å². The van der Waals surface area contributed by atoms with Crippen LogP contribution in [0.3, 0.4) is 0 Å². The van der Waals surface area contributed by atoms with Crippen LogP contribution >= 0.6 is 11.6 Å². The van der Waals surface area contributed by atoms with Crippen molar-refractivity contribution in [1.29, 1.82) is 0 Å². The van der Waals surface area contributed by atoms with Crippen LogP contribution < -0.4 is 10.5 Å². The fraction of sp³-hybridized carbons (Fsp3) is 0.455. The maximum absolute atomic E-state index is 11.9. The highest BCUT2D eigenvalue weighted by molar-refractivity contribution is 7.89. The molecule has 0 spiro atoms. The van der Waals surface area contributed by atoms with Crippen LogP contribution in [0.4, 0.5) is 5.69 Å². The molecule has 0 aliphatic carbocycles. The SMILES string of the molecule is CCCC(O)CNS(=O)(=O)c1ccc(N)cc1Cl. The minimum atomic E-state index is -3.72. The first kappa shape index (κ1) is 15.2. The molecular weight excluding hydrogens is 276 g/mol. The Labute approximate surface area is 112 Å². The first-order valence-corrected chi connectivity index (χ1v) is 7.45. The number of aliphatic hydroxyl groups excluding tert-OH is 1. The fourth-order valence-corrected chi connectivity index (χ4v) is 3.08. The smallest absolute Gasteiger partial charge is 0.242 e. The van der Waals surface area contributed by atoms with E-state index >= 15 is 0 Å². The number of hydrogen-bond acceptors (Lipinski definition) is 4. The van der Waals surface area contributed by atoms with Crippen LogP contribution in [0.5, 0.6) is 0 Å². The van der Waals surface area contributed by atoms with Gasteiger partial charge >= 0.3 is 0 Å². The lowest BCUT2D eigenvalue weighted by Crippen LogP contribution is -2.32. The molecule has 0 radical (unpaired) electrons. The Morgan fingerprint density at radius 1 is 1.50 bits per heavy atom. The van der Waals surface area contributed by atoms with E-state index < -0.39 is 16.1 Å². The first-order chi connectivity index (χ1) is 8.36. The molecule has 0 heterocycles. The number of sulfonamides is 1. The van der Waals surface area contributed by atoms with Gasteiger partial charge in [-0.3, -0.25) is 0 Å². The Morgan fingerprint density at radius 2 is 2.17 bits per heavy atom. The van der Waals surface area contributed by atoms with Crippen LogP contribution in [-0.4, -0.2) is 26.2 Å². The molecule has 1 aromatic carbocycles. The van der Waals surface area contributed by atoms with Crippen molar-refractivity contribution in [2.45, 2.75) is 30.8 Å². The molecule has 0 aliphatic rings. The molecule has 0 fully saturated rings. The quantitative estimate of drug-likeness (QED) is 0.690. The van der Waals surface area contributed by atoms with Gasteiger partial charge in [0.2, 0.25) is 10.0 Å². The number of anilines is 1. The highest BCUT2D eigenvalue weighted by Crippen LogP contribution is 2.23. The molecule has 102 valence electrons. The summed E-state index contributed by atoms with van der Waals surface area (Å²) in [6.45, 7) is 1.88. The van der Waals surface area contributed by atoms with E-state index in [9.17, 15) is 13.5 Å². The van der Waals surface area contributed by atoms with Crippen LogP contribution in [0.15, 0.2) is 23.1 Å². The number of hydrogen-bond donors (Lipinski definition) is 3. The number of halogens is 1. The van der Waals surface area contributed by atoms with Crippen molar-refractivity contribution in [2.75, 3.05) is 12.3 Å². The van der Waals surface area contributed by atoms with E-state index in [1.807, 2.05) is 6.92 Å². The molecule has 0 bridgehead atoms. The maximum atomic E-state index is 11.9. The zero-order valence-corrected chi connectivity index (χ0v) is 11.6. The molecule has 0 amide bonds. The lowest BCUT2D eigenvalue weighted by atomic mass is 10.2. The predicted molar refractivity (Wildman–Crippen MR) is 72.0 cm³/mol. The lowest BCUT2D eigenvalue weighted by Gasteiger charge is -2.12. The second-order valence-electron chi connectivity index (χ2n) is 3.98. The molecule has 4 N–H and O–H groups in total. The van der Waals surface area contributed by atoms with Crippen LogP contribution in [-0.2, 0) is 10.0 Å². The molecule has 1 unspecified atom stereocenters. The molecule has 0 aromatic heterocycles. The van der Waals surface area contributed by atoms with E-state index in [2.05, 4.69) is 4.72 Å². The third kappa shape index (κ3) is 4.13. The van der Waals surface area contributed by atoms with Crippen LogP contribution in [0, 0.1) is 0 Å². The van der Waals surface area contributed by atoms with Crippen molar-refractivity contribution in [3.8, 4) is 0 Å². The van der Waals surface area contributed by atoms with E-state index in [-0.39, 0.29) is 16.5 Å². The van der Waals surface area contributed by atoms with Crippen LogP contribution in [0.2, 0.25) is 5.02 Å². The lowest BCUT2D eigenvalue weighted by molar-refractivity contribution is 0.167. The van der Waals surface area contributed by atoms with Crippen molar-refractivity contribution >= 4 is 27.3 Å². The summed E-state index contributed by atoms with van der Waals surface area (Å²) in [6, 6.07) is 4.17. The number of nitrogens with two attached hydrogens (primary N) is 1. The second-order valence-corrected chi connectivity index (χ2v) is 6.13. The van der Waals surface area contributed by atoms with Gasteiger partial charge in [0.15, 0.2) is 0 Å². The number of benzene rings is 1. The summed E-state index contributed by atoms with van der Waals surface area (Å²) < 4.78 is 26.2. The van der Waals surface area contributed by atoms with E-state index in [4.69, 9.17) is 17.3 Å². The summed E-state index contributed by atoms with van der Waals surface area (Å²) in [5.41, 5.74) is 5.89. The van der Waals surface area contributed by atoms with E-state index in [1.165, 1.54) is 18.2 Å². The largest absolute Gasteiger partial charge is 0.399 e. The van der Waals surface area contributed by atoms with Gasteiger partial charge in [0, 0.05) is 12.2 Å². The second kappa shape index (κ2) is 6.38. The van der Waals surface area contributed by atoms with Gasteiger partial charge < -0.3 is 10.8 Å². The van der Waals surface area contributed by atoms with Crippen molar-refractivity contribution in [3.63, 3.8) is 0 Å². The van der Waals surface area contributed by atoms with Gasteiger partial charge in [-0.1, -0.05) is 24.9 Å². The Kier molecular flexibility index (Phi) is 5.40. The summed E-state index contributed by atoms with van der Waals surface area (Å²) in [5, 5.41) is 9.56. The molecule has 0 aliphatic heterocycles. The highest BCUT2D eigenvalue weighted by Gasteiger charge is 2.18. The molecule has 7 heteroatoms. The summed E-state index contributed by atoms with van der Waals surface area (Å²) in [7, 11) is -3.72. The zero-order valence-electron chi connectivity index (χ0n) is 10.1. The van der Waals surface area contributed by atoms with Crippen molar-refractivity contribution in [3.05, 3.63) is 23.2 Å². The third-order valence-corrected chi connectivity index (χ3v) is 4.28. The summed E-state index contributed by atoms with van der Waals surface area (Å²) in [4.78, 5) is -0.0398. The number of aliphatic hydroxyl groups is 1. The van der Waals surface area contributed by atoms with E-state index in [0.717, 1.165) is 6.42 Å². The predicted octanol–water partition coefficient (Wildman–Crippen LogP) is 1.36. The Hall–Kier alpha value is -0.820. The number of nitrogen functional groups attached to an aromatic ring is 1. The standard InChI is InChI=1S/C11H17ClN2O3S/c1-2-3-9(15)7-14-18(16,17)11-5-4-8(13)6-10(11)12/h4-6,9,14-15H,2-3,7,13H2,1H3. The first-order valence-electron chi connectivity index (χ1n) is 5.59. The molecular formula is C11H17ClN2O3S. The van der Waals surface area contributed by atoms with E-state index in [0.29, 0.717) is 12.1 Å². The monoisotopic (exact) mass is 292 g/mol. The van der Waals surface area contributed by atoms with Gasteiger partial charge in [-0.05, 0) is 24.6 Å². The van der Waals surface area contributed by atoms with Crippen molar-refractivity contribution in [2.24, 2.45) is 0 Å². The average molecular weight is 293 g/mol. The molecule has 1 rings (SSSR count). The van der Waals surface area contributed by atoms with Gasteiger partial charge in [0.1, 0.15) is 4.90 Å². The Morgan fingerprint density at radius 3 is 2.72 bits per heavy atom. The van der Waals surface area contributed by atoms with Gasteiger partial charge in [-0.15, -0.1) is 0 Å². The minimum Gasteiger partial charge on any atom is -0.399 e. The number of rotatable bonds is 6. The Balaban J connectivity index is 2.80. The van der Waals surface area contributed by atoms with Crippen LogP contribution in [0.25, 0.3) is 0 Å². The maximum Gasteiger partial charge on any atom is 0.242 e. The fourth-order valence-electron chi connectivity index (χ4n) is 1.45. The molecule has 0 saturated heterocycles. The van der Waals surface area contributed by atoms with Crippen LogP contribution in [0.1, 0.15) is 19.8 Å². The third-order valence-electron chi connectivity index (χ3n) is 2.38. The molecule has 18 heavy (non-hydrogen) atoms. The summed E-state index contributed by atoms with van der Waals surface area (Å²) in [5.74, 6) is 0. The minimum absolute atomic E-state index is 0.0309. The molecule has 5 nitrogen and oxygen atoms in total. The molecule has 0 saturated carbocycles. The zero-order chi connectivity index (χ0) is 13.8. The summed E-state index contributed by atoms with van der Waals surface area (Å²) >= 11 is 5.83. The molecule has 1 atom stereocenters. The normalized spacial score (nSPS) is 13.5. The van der Waals surface area contributed by atoms with Gasteiger partial charge in [0.05, 0.1) is 11.1 Å². The summed E-state index contributed by atoms with van der Waals surface area (Å²) in [6.07, 6.45) is 0.626. The highest BCUT2D eigenvalue weighted by atomic mass is 35.5. The van der Waals surface area contributed by atoms with Gasteiger partial charge in [0.25, 0.3) is 0 Å². The van der Waals surface area contributed by atoms with Gasteiger partial charge in [-0.2, -0.15) is 0 Å². The Bertz CT molecular complexity index is 505. The van der Waals surface area contributed by atoms with Crippen molar-refractivity contribution < 1.29 is 13.5 Å². The topological polar surface area (TPSA) is 92.4 Å².